The summed E-state index contributed by atoms with van der Waals surface area (Å²) in [5.41, 5.74) is 2.62. The van der Waals surface area contributed by atoms with Crippen LogP contribution in [0.15, 0.2) is 24.3 Å². The zero-order valence-corrected chi connectivity index (χ0v) is 13.5. The number of nitrogens with one attached hydrogen (secondary N) is 1. The van der Waals surface area contributed by atoms with E-state index in [4.69, 9.17) is 0 Å². The third-order valence-electron chi connectivity index (χ3n) is 4.88. The maximum Gasteiger partial charge on any atom is 0.230 e. The number of halogens is 1. The molecule has 1 N–H and O–H groups in total. The van der Waals surface area contributed by atoms with Crippen LogP contribution in [-0.2, 0) is 11.2 Å². The molecule has 1 fully saturated rings. The van der Waals surface area contributed by atoms with Crippen molar-refractivity contribution in [3.8, 4) is 0 Å². The summed E-state index contributed by atoms with van der Waals surface area (Å²) in [6.07, 6.45) is 4.52. The summed E-state index contributed by atoms with van der Waals surface area (Å²) in [4.78, 5) is 14.7. The maximum absolute atomic E-state index is 12.6. The van der Waals surface area contributed by atoms with Gasteiger partial charge in [-0.05, 0) is 56.3 Å². The van der Waals surface area contributed by atoms with Crippen molar-refractivity contribution in [3.05, 3.63) is 35.4 Å². The predicted molar refractivity (Wildman–Crippen MR) is 88.0 cm³/mol. The number of nitrogens with zero attached hydrogens (tertiary/aromatic N) is 1. The molecule has 21 heavy (non-hydrogen) atoms. The number of carbonyl (C=O) groups is 1. The molecule has 1 amide bonds. The zero-order valence-electron chi connectivity index (χ0n) is 12.7. The number of piperidine rings is 1. The van der Waals surface area contributed by atoms with E-state index < -0.39 is 0 Å². The third kappa shape index (κ3) is 3.41. The van der Waals surface area contributed by atoms with Crippen LogP contribution in [0, 0.1) is 5.92 Å². The van der Waals surface area contributed by atoms with Crippen LogP contribution in [0.4, 0.5) is 0 Å². The highest BCUT2D eigenvalue weighted by Gasteiger charge is 2.35. The first-order valence-electron chi connectivity index (χ1n) is 7.80. The molecule has 4 heteroatoms. The Balaban J connectivity index is 0.00000161. The normalized spacial score (nSPS) is 21.2. The van der Waals surface area contributed by atoms with Gasteiger partial charge in [0.1, 0.15) is 0 Å². The molecule has 1 heterocycles. The lowest BCUT2D eigenvalue weighted by atomic mass is 9.76. The maximum atomic E-state index is 12.6. The third-order valence-corrected chi connectivity index (χ3v) is 4.88. The van der Waals surface area contributed by atoms with Gasteiger partial charge in [-0.3, -0.25) is 4.79 Å². The Kier molecular flexibility index (Phi) is 5.65. The van der Waals surface area contributed by atoms with Crippen LogP contribution in [-0.4, -0.2) is 37.5 Å². The summed E-state index contributed by atoms with van der Waals surface area (Å²) in [7, 11) is 2.01. The van der Waals surface area contributed by atoms with Gasteiger partial charge in [-0.2, -0.15) is 0 Å². The number of benzene rings is 1. The molecular formula is C17H25ClN2O. The first kappa shape index (κ1) is 16.3. The number of amides is 1. The van der Waals surface area contributed by atoms with E-state index in [0.717, 1.165) is 32.0 Å². The minimum absolute atomic E-state index is 0. The molecule has 2 aliphatic rings. The molecule has 0 spiro atoms. The summed E-state index contributed by atoms with van der Waals surface area (Å²) >= 11 is 0. The van der Waals surface area contributed by atoms with Gasteiger partial charge >= 0.3 is 0 Å². The lowest BCUT2D eigenvalue weighted by molar-refractivity contribution is -0.134. The van der Waals surface area contributed by atoms with Crippen molar-refractivity contribution in [2.75, 3.05) is 26.7 Å². The molecule has 1 aliphatic carbocycles. The van der Waals surface area contributed by atoms with Gasteiger partial charge in [0.15, 0.2) is 0 Å². The van der Waals surface area contributed by atoms with E-state index in [0.29, 0.717) is 5.91 Å². The van der Waals surface area contributed by atoms with Gasteiger partial charge in [-0.15, -0.1) is 12.4 Å². The van der Waals surface area contributed by atoms with Crippen LogP contribution < -0.4 is 5.32 Å². The standard InChI is InChI=1S/C17H24N2O.ClH/c1-18-9-6-13-7-10-19(11-8-13)17(20)16-12-14-4-2-3-5-15(14)16;/h2-5,13,16,18H,6-12H2,1H3;1H. The van der Waals surface area contributed by atoms with E-state index in [2.05, 4.69) is 28.4 Å². The molecule has 0 aromatic heterocycles. The number of likely N-dealkylation sites (tertiary alicyclic amines) is 1. The Morgan fingerprint density at radius 3 is 2.67 bits per heavy atom. The smallest absolute Gasteiger partial charge is 0.230 e. The Morgan fingerprint density at radius 1 is 1.29 bits per heavy atom. The quantitative estimate of drug-likeness (QED) is 0.927. The van der Waals surface area contributed by atoms with Crippen molar-refractivity contribution in [3.63, 3.8) is 0 Å². The predicted octanol–water partition coefficient (Wildman–Crippen LogP) is 2.60. The van der Waals surface area contributed by atoms with E-state index in [-0.39, 0.29) is 18.3 Å². The van der Waals surface area contributed by atoms with Crippen molar-refractivity contribution in [2.45, 2.75) is 31.6 Å². The minimum atomic E-state index is 0. The molecule has 0 saturated carbocycles. The van der Waals surface area contributed by atoms with E-state index in [1.165, 1.54) is 30.4 Å². The van der Waals surface area contributed by atoms with Crippen molar-refractivity contribution in [2.24, 2.45) is 5.92 Å². The molecule has 3 nitrogen and oxygen atoms in total. The Morgan fingerprint density at radius 2 is 2.00 bits per heavy atom. The Hall–Kier alpha value is -1.06. The first-order valence-corrected chi connectivity index (χ1v) is 7.80. The molecular weight excluding hydrogens is 284 g/mol. The SMILES string of the molecule is CNCCC1CCN(C(=O)C2Cc3ccccc32)CC1.Cl. The molecule has 1 aliphatic heterocycles. The van der Waals surface area contributed by atoms with Gasteiger partial charge in [-0.1, -0.05) is 24.3 Å². The second kappa shape index (κ2) is 7.28. The second-order valence-electron chi connectivity index (χ2n) is 6.12. The van der Waals surface area contributed by atoms with E-state index in [1.54, 1.807) is 0 Å². The highest BCUT2D eigenvalue weighted by molar-refractivity contribution is 5.87. The Bertz CT molecular complexity index is 483. The van der Waals surface area contributed by atoms with Gasteiger partial charge in [0, 0.05) is 13.1 Å². The molecule has 1 saturated heterocycles. The van der Waals surface area contributed by atoms with Crippen LogP contribution in [0.5, 0.6) is 0 Å². The van der Waals surface area contributed by atoms with Gasteiger partial charge < -0.3 is 10.2 Å². The summed E-state index contributed by atoms with van der Waals surface area (Å²) < 4.78 is 0. The van der Waals surface area contributed by atoms with Crippen LogP contribution in [0.3, 0.4) is 0 Å². The summed E-state index contributed by atoms with van der Waals surface area (Å²) in [6.45, 7) is 2.99. The van der Waals surface area contributed by atoms with Gasteiger partial charge in [0.2, 0.25) is 5.91 Å². The average Bonchev–Trinajstić information content (AvgIpc) is 2.47. The molecule has 0 radical (unpaired) electrons. The van der Waals surface area contributed by atoms with Gasteiger partial charge in [-0.25, -0.2) is 0 Å². The van der Waals surface area contributed by atoms with Crippen molar-refractivity contribution >= 4 is 18.3 Å². The topological polar surface area (TPSA) is 32.3 Å². The van der Waals surface area contributed by atoms with Crippen molar-refractivity contribution in [1.82, 2.24) is 10.2 Å². The van der Waals surface area contributed by atoms with E-state index in [1.807, 2.05) is 13.1 Å². The molecule has 1 aromatic carbocycles. The van der Waals surface area contributed by atoms with E-state index >= 15 is 0 Å². The van der Waals surface area contributed by atoms with Gasteiger partial charge in [0.25, 0.3) is 0 Å². The molecule has 1 unspecified atom stereocenters. The highest BCUT2D eigenvalue weighted by Crippen LogP contribution is 2.37. The number of hydrogen-bond donors (Lipinski definition) is 1. The molecule has 116 valence electrons. The number of carbonyl (C=O) groups excluding carboxylic acids is 1. The molecule has 3 rings (SSSR count). The minimum Gasteiger partial charge on any atom is -0.342 e. The fraction of sp³-hybridized carbons (Fsp3) is 0.588. The molecule has 0 bridgehead atoms. The lowest BCUT2D eigenvalue weighted by Crippen LogP contribution is -2.43. The zero-order chi connectivity index (χ0) is 13.9. The monoisotopic (exact) mass is 308 g/mol. The largest absolute Gasteiger partial charge is 0.342 e. The summed E-state index contributed by atoms with van der Waals surface area (Å²) in [5.74, 6) is 1.29. The van der Waals surface area contributed by atoms with Crippen molar-refractivity contribution < 1.29 is 4.79 Å². The highest BCUT2D eigenvalue weighted by atomic mass is 35.5. The molecule has 1 aromatic rings. The molecule has 1 atom stereocenters. The van der Waals surface area contributed by atoms with Gasteiger partial charge in [0.05, 0.1) is 5.92 Å². The fourth-order valence-corrected chi connectivity index (χ4v) is 3.49. The summed E-state index contributed by atoms with van der Waals surface area (Å²) in [6, 6.07) is 8.36. The Labute approximate surface area is 133 Å². The van der Waals surface area contributed by atoms with Crippen LogP contribution >= 0.6 is 12.4 Å². The number of hydrogen-bond acceptors (Lipinski definition) is 2. The number of fused-ring (bicyclic) bond motifs is 1. The van der Waals surface area contributed by atoms with E-state index in [9.17, 15) is 4.79 Å². The second-order valence-corrected chi connectivity index (χ2v) is 6.12. The van der Waals surface area contributed by atoms with Crippen LogP contribution in [0.1, 0.15) is 36.3 Å². The number of rotatable bonds is 4. The van der Waals surface area contributed by atoms with Crippen molar-refractivity contribution in [1.29, 1.82) is 0 Å². The summed E-state index contributed by atoms with van der Waals surface area (Å²) in [5, 5.41) is 3.22. The average molecular weight is 309 g/mol. The fourth-order valence-electron chi connectivity index (χ4n) is 3.49. The van der Waals surface area contributed by atoms with Crippen LogP contribution in [0.2, 0.25) is 0 Å². The van der Waals surface area contributed by atoms with Crippen LogP contribution in [0.25, 0.3) is 0 Å². The first-order chi connectivity index (χ1) is 9.79. The lowest BCUT2D eigenvalue weighted by Gasteiger charge is -2.37.